The third kappa shape index (κ3) is 4.56. The molecule has 3 aromatic heterocycles. The molecule has 8 rings (SSSR count). The zero-order valence-corrected chi connectivity index (χ0v) is 24.0. The molecule has 1 aliphatic heterocycles. The van der Waals surface area contributed by atoms with Crippen molar-refractivity contribution in [1.29, 1.82) is 0 Å². The van der Waals surface area contributed by atoms with E-state index in [2.05, 4.69) is 33.4 Å². The number of carbonyl (C=O) groups is 1. The van der Waals surface area contributed by atoms with E-state index >= 15 is 0 Å². The molecule has 0 aliphatic carbocycles. The first kappa shape index (κ1) is 25.8. The lowest BCUT2D eigenvalue weighted by Gasteiger charge is -2.27. The first-order valence-corrected chi connectivity index (χ1v) is 15.1. The van der Waals surface area contributed by atoms with Gasteiger partial charge in [0, 0.05) is 73.2 Å². The number of aromatic nitrogens is 1. The summed E-state index contributed by atoms with van der Waals surface area (Å²) < 4.78 is 14.2. The van der Waals surface area contributed by atoms with Crippen LogP contribution in [0.1, 0.15) is 5.56 Å². The molecule has 4 heterocycles. The second-order valence-corrected chi connectivity index (χ2v) is 11.9. The lowest BCUT2D eigenvalue weighted by atomic mass is 10.0. The first-order valence-electron chi connectivity index (χ1n) is 14.3. The van der Waals surface area contributed by atoms with Gasteiger partial charge in [0.2, 0.25) is 5.91 Å². The first-order chi connectivity index (χ1) is 21.1. The fourth-order valence-corrected chi connectivity index (χ4v) is 7.27. The smallest absolute Gasteiger partial charge is 0.228 e. The van der Waals surface area contributed by atoms with Gasteiger partial charge in [-0.15, -0.1) is 11.3 Å². The van der Waals surface area contributed by atoms with Crippen molar-refractivity contribution in [3.63, 3.8) is 0 Å². The molecule has 1 aliphatic rings. The monoisotopic (exact) mass is 585 g/mol. The van der Waals surface area contributed by atoms with Crippen LogP contribution in [0.4, 0.5) is 11.6 Å². The van der Waals surface area contributed by atoms with Crippen molar-refractivity contribution in [2.45, 2.75) is 6.42 Å². The summed E-state index contributed by atoms with van der Waals surface area (Å²) in [6, 6.07) is 27.6. The maximum atomic E-state index is 13.2. The Morgan fingerprint density at radius 2 is 1.65 bits per heavy atom. The predicted octanol–water partition coefficient (Wildman–Crippen LogP) is 7.33. The largest absolute Gasteiger partial charge is 0.440 e. The molecule has 4 aromatic carbocycles. The number of anilines is 2. The molecule has 7 nitrogen and oxygen atoms in total. The molecule has 1 amide bonds. The summed E-state index contributed by atoms with van der Waals surface area (Å²) in [5.41, 5.74) is 5.18. The summed E-state index contributed by atoms with van der Waals surface area (Å²) in [6.07, 6.45) is 2.19. The number of nitrogens with zero attached hydrogens (tertiary/aromatic N) is 1. The Morgan fingerprint density at radius 1 is 0.860 bits per heavy atom. The Hall–Kier alpha value is -4.92. The highest BCUT2D eigenvalue weighted by Crippen LogP contribution is 2.42. The van der Waals surface area contributed by atoms with Crippen LogP contribution in [0.25, 0.3) is 53.2 Å². The average Bonchev–Trinajstić information content (AvgIpc) is 3.62. The predicted molar refractivity (Wildman–Crippen MR) is 174 cm³/mol. The molecule has 8 heteroatoms. The van der Waals surface area contributed by atoms with Gasteiger partial charge in [0.15, 0.2) is 11.3 Å². The van der Waals surface area contributed by atoms with Gasteiger partial charge in [0.05, 0.1) is 25.0 Å². The molecule has 0 spiro atoms. The van der Waals surface area contributed by atoms with E-state index < -0.39 is 0 Å². The van der Waals surface area contributed by atoms with Crippen LogP contribution in [0.5, 0.6) is 0 Å². The van der Waals surface area contributed by atoms with E-state index in [-0.39, 0.29) is 17.8 Å². The number of thiophene rings is 1. The lowest BCUT2D eigenvalue weighted by molar-refractivity contribution is -0.115. The minimum Gasteiger partial charge on any atom is -0.440 e. The van der Waals surface area contributed by atoms with Gasteiger partial charge in [-0.05, 0) is 35.9 Å². The number of carbonyl (C=O) groups excluding carboxylic acids is 1. The number of rotatable bonds is 5. The maximum Gasteiger partial charge on any atom is 0.228 e. The minimum atomic E-state index is -0.0637. The SMILES string of the molecule is O=C(Cc1c[nH]c2ccccc12)Nc1ccc2sc3c(-c4cccc5c(=O)cc(N6CCOCC6)oc45)cccc3c2c1. The number of para-hydroxylation sites is 2. The quantitative estimate of drug-likeness (QED) is 0.221. The Kier molecular flexibility index (Phi) is 6.24. The van der Waals surface area contributed by atoms with Crippen molar-refractivity contribution < 1.29 is 13.9 Å². The van der Waals surface area contributed by atoms with Crippen LogP contribution < -0.4 is 15.6 Å². The molecule has 0 unspecified atom stereocenters. The van der Waals surface area contributed by atoms with Crippen LogP contribution in [-0.4, -0.2) is 37.2 Å². The summed E-state index contributed by atoms with van der Waals surface area (Å²) in [6.45, 7) is 2.58. The number of hydrogen-bond donors (Lipinski definition) is 2. The van der Waals surface area contributed by atoms with Gasteiger partial charge in [0.1, 0.15) is 5.58 Å². The lowest BCUT2D eigenvalue weighted by Crippen LogP contribution is -2.36. The Morgan fingerprint density at radius 3 is 2.53 bits per heavy atom. The summed E-state index contributed by atoms with van der Waals surface area (Å²) >= 11 is 1.70. The van der Waals surface area contributed by atoms with E-state index in [1.165, 1.54) is 0 Å². The van der Waals surface area contributed by atoms with E-state index in [1.807, 2.05) is 66.9 Å². The standard InChI is InChI=1S/C35H27N3O4S/c39-30-19-33(38-13-15-41-16-14-38)42-34-24(6-3-9-27(30)34)25-7-4-8-26-28-18-22(11-12-31(28)43-35(25)26)37-32(40)17-21-20-36-29-10-2-1-5-23(21)29/h1-12,18-20,36H,13-17H2,(H,37,40). The van der Waals surface area contributed by atoms with Crippen molar-refractivity contribution in [3.05, 3.63) is 107 Å². The Bertz CT molecular complexity index is 2240. The number of aromatic amines is 1. The van der Waals surface area contributed by atoms with Crippen LogP contribution in [0.3, 0.4) is 0 Å². The fourth-order valence-electron chi connectivity index (χ4n) is 6.06. The van der Waals surface area contributed by atoms with E-state index in [9.17, 15) is 9.59 Å². The van der Waals surface area contributed by atoms with Gasteiger partial charge in [-0.3, -0.25) is 9.59 Å². The maximum absolute atomic E-state index is 13.2. The molecule has 1 saturated heterocycles. The van der Waals surface area contributed by atoms with Crippen LogP contribution in [0, 0.1) is 0 Å². The van der Waals surface area contributed by atoms with Crippen molar-refractivity contribution >= 4 is 70.9 Å². The van der Waals surface area contributed by atoms with Crippen LogP contribution in [-0.2, 0) is 16.0 Å². The summed E-state index contributed by atoms with van der Waals surface area (Å²) in [5, 5.41) is 6.88. The number of benzene rings is 4. The summed E-state index contributed by atoms with van der Waals surface area (Å²) in [5.74, 6) is 0.510. The van der Waals surface area contributed by atoms with Gasteiger partial charge in [0.25, 0.3) is 0 Å². The van der Waals surface area contributed by atoms with E-state index in [1.54, 1.807) is 17.4 Å². The number of hydrogen-bond acceptors (Lipinski definition) is 6. The van der Waals surface area contributed by atoms with Crippen molar-refractivity contribution in [3.8, 4) is 11.1 Å². The Balaban J connectivity index is 1.17. The average molecular weight is 586 g/mol. The third-order valence-electron chi connectivity index (χ3n) is 8.16. The molecular formula is C35H27N3O4S. The molecule has 0 radical (unpaired) electrons. The van der Waals surface area contributed by atoms with Gasteiger partial charge < -0.3 is 24.4 Å². The second kappa shape index (κ2) is 10.4. The summed E-state index contributed by atoms with van der Waals surface area (Å²) in [7, 11) is 0. The van der Waals surface area contributed by atoms with E-state index in [0.717, 1.165) is 53.5 Å². The normalized spacial score (nSPS) is 13.8. The molecular weight excluding hydrogens is 558 g/mol. The number of amides is 1. The topological polar surface area (TPSA) is 87.6 Å². The minimum absolute atomic E-state index is 0.0545. The van der Waals surface area contributed by atoms with E-state index in [0.29, 0.717) is 43.2 Å². The zero-order chi connectivity index (χ0) is 28.9. The third-order valence-corrected chi connectivity index (χ3v) is 9.38. The van der Waals surface area contributed by atoms with Gasteiger partial charge in [-0.1, -0.05) is 48.5 Å². The highest BCUT2D eigenvalue weighted by atomic mass is 32.1. The molecule has 212 valence electrons. The van der Waals surface area contributed by atoms with Crippen molar-refractivity contribution in [1.82, 2.24) is 4.98 Å². The van der Waals surface area contributed by atoms with Crippen LogP contribution in [0.2, 0.25) is 0 Å². The van der Waals surface area contributed by atoms with Gasteiger partial charge in [-0.25, -0.2) is 0 Å². The molecule has 43 heavy (non-hydrogen) atoms. The van der Waals surface area contributed by atoms with Crippen molar-refractivity contribution in [2.75, 3.05) is 36.5 Å². The van der Waals surface area contributed by atoms with Crippen LogP contribution in [0.15, 0.2) is 100 Å². The van der Waals surface area contributed by atoms with Gasteiger partial charge >= 0.3 is 0 Å². The Labute approximate surface area is 250 Å². The molecule has 2 N–H and O–H groups in total. The number of nitrogens with one attached hydrogen (secondary N) is 2. The van der Waals surface area contributed by atoms with Crippen LogP contribution >= 0.6 is 11.3 Å². The highest BCUT2D eigenvalue weighted by molar-refractivity contribution is 7.26. The van der Waals surface area contributed by atoms with Gasteiger partial charge in [-0.2, -0.15) is 0 Å². The second-order valence-electron chi connectivity index (χ2n) is 10.8. The van der Waals surface area contributed by atoms with Crippen molar-refractivity contribution in [2.24, 2.45) is 0 Å². The number of ether oxygens (including phenoxy) is 1. The fraction of sp³-hybridized carbons (Fsp3) is 0.143. The summed E-state index contributed by atoms with van der Waals surface area (Å²) in [4.78, 5) is 31.5. The number of H-pyrrole nitrogens is 1. The number of fused-ring (bicyclic) bond motifs is 5. The van der Waals surface area contributed by atoms with E-state index in [4.69, 9.17) is 9.15 Å². The zero-order valence-electron chi connectivity index (χ0n) is 23.2. The molecule has 0 atom stereocenters. The molecule has 7 aromatic rings. The number of morpholine rings is 1. The highest BCUT2D eigenvalue weighted by Gasteiger charge is 2.19. The molecule has 0 bridgehead atoms. The molecule has 0 saturated carbocycles. The molecule has 1 fully saturated rings.